The van der Waals surface area contributed by atoms with E-state index in [9.17, 15) is 0 Å². The number of rotatable bonds is 12. The van der Waals surface area contributed by atoms with Crippen molar-refractivity contribution in [3.63, 3.8) is 0 Å². The second kappa shape index (κ2) is 13.8. The molecule has 11 heteroatoms. The number of hydrogen-bond donors (Lipinski definition) is 2. The normalized spacial score (nSPS) is 12.9. The van der Waals surface area contributed by atoms with Crippen molar-refractivity contribution in [3.05, 3.63) is 30.3 Å². The summed E-state index contributed by atoms with van der Waals surface area (Å²) in [6, 6.07) is 6.67. The van der Waals surface area contributed by atoms with Gasteiger partial charge in [-0.2, -0.15) is 0 Å². The summed E-state index contributed by atoms with van der Waals surface area (Å²) in [7, 11) is 0.835. The summed E-state index contributed by atoms with van der Waals surface area (Å²) < 4.78 is 19.5. The van der Waals surface area contributed by atoms with Crippen LogP contribution in [-0.2, 0) is 14.2 Å². The fourth-order valence-electron chi connectivity index (χ4n) is 2.86. The first-order valence-electron chi connectivity index (χ1n) is 10.0. The molecule has 0 aliphatic carbocycles. The molecule has 0 aromatic heterocycles. The Bertz CT molecular complexity index is 564. The zero-order valence-corrected chi connectivity index (χ0v) is 24.8. The highest BCUT2D eigenvalue weighted by molar-refractivity contribution is 7.65. The summed E-state index contributed by atoms with van der Waals surface area (Å²) in [5.41, 5.74) is -0.458. The van der Waals surface area contributed by atoms with E-state index in [1.165, 1.54) is 14.2 Å². The van der Waals surface area contributed by atoms with Gasteiger partial charge in [-0.25, -0.2) is 0 Å². The number of benzene rings is 1. The van der Waals surface area contributed by atoms with E-state index in [0.717, 1.165) is 25.1 Å². The molecule has 0 saturated heterocycles. The van der Waals surface area contributed by atoms with E-state index in [1.54, 1.807) is 0 Å². The molecule has 0 bridgehead atoms. The lowest BCUT2D eigenvalue weighted by molar-refractivity contribution is -0.307. The zero-order chi connectivity index (χ0) is 23.5. The van der Waals surface area contributed by atoms with Crippen LogP contribution in [-0.4, -0.2) is 55.4 Å². The van der Waals surface area contributed by atoms with Crippen LogP contribution < -0.4 is 9.96 Å². The molecule has 5 nitrogen and oxygen atoms in total. The van der Waals surface area contributed by atoms with E-state index in [4.69, 9.17) is 47.4 Å². The quantitative estimate of drug-likeness (QED) is 0.143. The predicted octanol–water partition coefficient (Wildman–Crippen LogP) is 6.28. The van der Waals surface area contributed by atoms with Gasteiger partial charge in [0.1, 0.15) is 16.5 Å². The zero-order valence-electron chi connectivity index (χ0n) is 19.6. The van der Waals surface area contributed by atoms with Gasteiger partial charge in [-0.15, -0.1) is 33.2 Å². The van der Waals surface area contributed by atoms with Gasteiger partial charge in [0.2, 0.25) is 0 Å². The third kappa shape index (κ3) is 13.7. The maximum Gasteiger partial charge on any atom is 0.440 e. The minimum atomic E-state index is -3.32. The molecule has 0 aliphatic heterocycles. The largest absolute Gasteiger partial charge is 0.440 e. The lowest BCUT2D eigenvalue weighted by Crippen LogP contribution is -2.55. The van der Waals surface area contributed by atoms with E-state index in [-0.39, 0.29) is 0 Å². The van der Waals surface area contributed by atoms with Crippen LogP contribution >= 0.6 is 33.2 Å². The Hall–Kier alpha value is 0.381. The van der Waals surface area contributed by atoms with Crippen molar-refractivity contribution < 1.29 is 14.2 Å². The van der Waals surface area contributed by atoms with Crippen molar-refractivity contribution in [2.75, 3.05) is 32.7 Å². The fraction of sp³-hybridized carbons (Fsp3) is 0.684. The molecule has 30 heavy (non-hydrogen) atoms. The van der Waals surface area contributed by atoms with Crippen LogP contribution in [0, 0.1) is 0 Å². The van der Waals surface area contributed by atoms with Gasteiger partial charge in [0.05, 0.1) is 6.61 Å². The smallest absolute Gasteiger partial charge is 0.385 e. The third-order valence-electron chi connectivity index (χ3n) is 3.60. The maximum atomic E-state index is 5.96. The topological polar surface area (TPSA) is 51.8 Å². The molecule has 0 aliphatic rings. The lowest BCUT2D eigenvalue weighted by Gasteiger charge is -2.34. The molecule has 0 spiro atoms. The van der Waals surface area contributed by atoms with Gasteiger partial charge in [-0.1, -0.05) is 57.5 Å². The van der Waals surface area contributed by atoms with Crippen LogP contribution in [0.1, 0.15) is 12.8 Å². The fourth-order valence-corrected chi connectivity index (χ4v) is 14.5. The Kier molecular flexibility index (Phi) is 14.0. The SMILES string of the molecule is COC(OC)(OCCCCNc1ccccc1)[Si](Cl)(Cl)Cl.C[Si](C)(C)N[Si](C)(C)C. The Balaban J connectivity index is 0.000000787. The number of nitrogens with one attached hydrogen (secondary N) is 2. The molecule has 1 aromatic carbocycles. The van der Waals surface area contributed by atoms with Gasteiger partial charge in [0, 0.05) is 26.5 Å². The average Bonchev–Trinajstić information content (AvgIpc) is 2.59. The molecule has 0 heterocycles. The van der Waals surface area contributed by atoms with Crippen LogP contribution in [0.3, 0.4) is 0 Å². The van der Waals surface area contributed by atoms with Crippen molar-refractivity contribution in [1.29, 1.82) is 0 Å². The molecular formula is C19H39Cl3N2O3Si3. The molecule has 0 radical (unpaired) electrons. The highest BCUT2D eigenvalue weighted by atomic mass is 35.8. The van der Waals surface area contributed by atoms with Gasteiger partial charge in [-0.05, 0) is 25.0 Å². The average molecular weight is 534 g/mol. The molecule has 0 unspecified atom stereocenters. The van der Waals surface area contributed by atoms with E-state index in [1.807, 2.05) is 30.3 Å². The first kappa shape index (κ1) is 30.4. The number of methoxy groups -OCH3 is 2. The van der Waals surface area contributed by atoms with Gasteiger partial charge in [-0.3, -0.25) is 0 Å². The minimum Gasteiger partial charge on any atom is -0.385 e. The number of halogens is 3. The summed E-state index contributed by atoms with van der Waals surface area (Å²) in [6.07, 6.45) is 1.71. The van der Waals surface area contributed by atoms with Gasteiger partial charge in [0.15, 0.2) is 0 Å². The number of ether oxygens (including phenoxy) is 3. The van der Waals surface area contributed by atoms with Crippen LogP contribution in [0.5, 0.6) is 0 Å². The van der Waals surface area contributed by atoms with Crippen LogP contribution in [0.25, 0.3) is 0 Å². The van der Waals surface area contributed by atoms with Gasteiger partial charge >= 0.3 is 11.6 Å². The predicted molar refractivity (Wildman–Crippen MR) is 140 cm³/mol. The highest BCUT2D eigenvalue weighted by Gasteiger charge is 2.55. The Morgan fingerprint density at radius 1 is 0.833 bits per heavy atom. The molecule has 1 aromatic rings. The summed E-state index contributed by atoms with van der Waals surface area (Å²) in [5, 5.41) is 3.31. The number of unbranched alkanes of at least 4 members (excludes halogenated alkanes) is 1. The Morgan fingerprint density at radius 2 is 1.33 bits per heavy atom. The minimum absolute atomic E-state index is 0.388. The van der Waals surface area contributed by atoms with E-state index in [2.05, 4.69) is 49.2 Å². The summed E-state index contributed by atoms with van der Waals surface area (Å²) in [5.74, 6) is 0. The van der Waals surface area contributed by atoms with Crippen molar-refractivity contribution in [2.45, 2.75) is 57.7 Å². The van der Waals surface area contributed by atoms with Gasteiger partial charge < -0.3 is 24.2 Å². The van der Waals surface area contributed by atoms with Crippen molar-refractivity contribution in [2.24, 2.45) is 0 Å². The molecule has 0 saturated carbocycles. The van der Waals surface area contributed by atoms with Crippen molar-refractivity contribution in [3.8, 4) is 0 Å². The summed E-state index contributed by atoms with van der Waals surface area (Å²) in [6.45, 7) is 15.3. The first-order valence-corrected chi connectivity index (χ1v) is 22.1. The van der Waals surface area contributed by atoms with Crippen LogP contribution in [0.15, 0.2) is 30.3 Å². The number of para-hydroxylation sites is 1. The third-order valence-corrected chi connectivity index (χ3v) is 12.9. The molecule has 0 fully saturated rings. The Morgan fingerprint density at radius 3 is 1.70 bits per heavy atom. The van der Waals surface area contributed by atoms with E-state index in [0.29, 0.717) is 6.61 Å². The molecule has 0 amide bonds. The standard InChI is InChI=1S/C13H20Cl3NO3Si.C6H19NSi2/c1-18-13(19-2,21(14,15)16)20-11-7-6-10-17-12-8-4-3-5-9-12;1-8(2,3)7-9(4,5)6/h3-5,8-9,17H,6-7,10-11H2,1-2H3;7H,1-6H3. The molecule has 2 N–H and O–H groups in total. The molecular weight excluding hydrogens is 495 g/mol. The highest BCUT2D eigenvalue weighted by Crippen LogP contribution is 2.37. The van der Waals surface area contributed by atoms with E-state index < -0.39 is 28.1 Å². The van der Waals surface area contributed by atoms with Crippen molar-refractivity contribution in [1.82, 2.24) is 4.65 Å². The van der Waals surface area contributed by atoms with E-state index >= 15 is 0 Å². The van der Waals surface area contributed by atoms with Gasteiger partial charge in [0.25, 0.3) is 0 Å². The molecule has 0 atom stereocenters. The Labute approximate surface area is 200 Å². The lowest BCUT2D eigenvalue weighted by atomic mass is 10.3. The second-order valence-electron chi connectivity index (χ2n) is 8.94. The second-order valence-corrected chi connectivity index (χ2v) is 27.4. The summed E-state index contributed by atoms with van der Waals surface area (Å²) >= 11 is 17.9. The van der Waals surface area contributed by atoms with Crippen LogP contribution in [0.2, 0.25) is 39.3 Å². The maximum absolute atomic E-state index is 5.96. The number of hydrogen-bond acceptors (Lipinski definition) is 5. The summed E-state index contributed by atoms with van der Waals surface area (Å²) in [4.78, 5) is 0. The molecule has 1 rings (SSSR count). The molecule has 176 valence electrons. The number of anilines is 1. The van der Waals surface area contributed by atoms with Crippen LogP contribution in [0.4, 0.5) is 5.69 Å². The first-order chi connectivity index (χ1) is 13.7. The van der Waals surface area contributed by atoms with Crippen molar-refractivity contribution >= 4 is 61.4 Å². The monoisotopic (exact) mass is 532 g/mol.